The number of nitrogens with zero attached hydrogens (tertiary/aromatic N) is 2. The number of amides is 1. The van der Waals surface area contributed by atoms with Gasteiger partial charge in [0, 0.05) is 36.7 Å². The Bertz CT molecular complexity index is 1220. The van der Waals surface area contributed by atoms with E-state index in [4.69, 9.17) is 16.3 Å². The Morgan fingerprint density at radius 1 is 1.15 bits per heavy atom. The number of fused-ring (bicyclic) bond motifs is 3. The molecule has 1 aliphatic carbocycles. The smallest absolute Gasteiger partial charge is 0.228 e. The van der Waals surface area contributed by atoms with Gasteiger partial charge in [0.1, 0.15) is 17.5 Å². The monoisotopic (exact) mass is 528 g/mol. The normalized spacial score (nSPS) is 29.8. The molecule has 1 fully saturated rings. The van der Waals surface area contributed by atoms with Crippen LogP contribution in [0.5, 0.6) is 5.75 Å². The first-order valence-corrected chi connectivity index (χ1v) is 11.7. The number of carbonyl (C=O) groups excluding carboxylic acids is 1. The fourth-order valence-electron chi connectivity index (χ4n) is 5.40. The molecule has 0 radical (unpaired) electrons. The van der Waals surface area contributed by atoms with Crippen LogP contribution in [0.15, 0.2) is 71.3 Å². The molecule has 0 unspecified atom stereocenters. The van der Waals surface area contributed by atoms with Crippen molar-refractivity contribution in [3.8, 4) is 5.75 Å². The van der Waals surface area contributed by atoms with E-state index in [-0.39, 0.29) is 17.4 Å². The van der Waals surface area contributed by atoms with E-state index in [1.165, 1.54) is 11.1 Å². The van der Waals surface area contributed by atoms with E-state index >= 15 is 0 Å². The van der Waals surface area contributed by atoms with Crippen LogP contribution >= 0.6 is 27.5 Å². The molecule has 170 valence electrons. The molecule has 1 aliphatic heterocycles. The van der Waals surface area contributed by atoms with Crippen molar-refractivity contribution in [2.45, 2.75) is 23.2 Å². The van der Waals surface area contributed by atoms with Crippen LogP contribution < -0.4 is 4.74 Å². The van der Waals surface area contributed by atoms with Crippen LogP contribution in [0, 0.1) is 5.92 Å². The summed E-state index contributed by atoms with van der Waals surface area (Å²) in [5, 5.41) is 24.4. The Balaban J connectivity index is 1.87. The fourth-order valence-corrected chi connectivity index (χ4v) is 5.81. The zero-order chi connectivity index (χ0) is 23.5. The lowest BCUT2D eigenvalue weighted by Crippen LogP contribution is -2.52. The SMILES string of the molecule is CN(C)C(=O)[C@H]1[C@@H](O)[C@@]2(O)c3ncc(Cl)cc3O[C@@]2(c2ccc(Br)cc2)[C@@H]1c1ccccc1. The summed E-state index contributed by atoms with van der Waals surface area (Å²) >= 11 is 9.65. The minimum absolute atomic E-state index is 0.164. The number of aliphatic hydroxyl groups excluding tert-OH is 1. The van der Waals surface area contributed by atoms with Crippen molar-refractivity contribution in [2.24, 2.45) is 5.92 Å². The maximum Gasteiger partial charge on any atom is 0.228 e. The number of aliphatic hydroxyl groups is 2. The summed E-state index contributed by atoms with van der Waals surface area (Å²) < 4.78 is 7.43. The van der Waals surface area contributed by atoms with Gasteiger partial charge < -0.3 is 19.8 Å². The highest BCUT2D eigenvalue weighted by atomic mass is 79.9. The first-order chi connectivity index (χ1) is 15.7. The standard InChI is InChI=1S/C25H22BrClN2O4/c1-29(2)23(31)19-20(14-6-4-3-5-7-14)25(15-8-10-16(26)11-9-15)24(32,22(19)30)21-18(33-25)12-17(27)13-28-21/h3-13,19-20,22,30,32H,1-2H3/t19-,20-,22-,24+,25+/m1/s1. The molecule has 2 N–H and O–H groups in total. The number of aromatic nitrogens is 1. The van der Waals surface area contributed by atoms with E-state index in [0.717, 1.165) is 10.0 Å². The van der Waals surface area contributed by atoms with Crippen molar-refractivity contribution in [3.63, 3.8) is 0 Å². The highest BCUT2D eigenvalue weighted by Crippen LogP contribution is 2.68. The quantitative estimate of drug-likeness (QED) is 0.539. The number of hydrogen-bond acceptors (Lipinski definition) is 5. The number of pyridine rings is 1. The zero-order valence-corrected chi connectivity index (χ0v) is 20.3. The van der Waals surface area contributed by atoms with Gasteiger partial charge in [0.2, 0.25) is 5.91 Å². The molecule has 2 aliphatic rings. The lowest BCUT2D eigenvalue weighted by atomic mass is 9.71. The van der Waals surface area contributed by atoms with Gasteiger partial charge in [-0.05, 0) is 23.3 Å². The molecule has 3 aromatic rings. The van der Waals surface area contributed by atoms with E-state index in [9.17, 15) is 15.0 Å². The molecule has 0 spiro atoms. The Hall–Kier alpha value is -2.45. The van der Waals surface area contributed by atoms with Gasteiger partial charge in [0.15, 0.2) is 11.2 Å². The Morgan fingerprint density at radius 3 is 2.45 bits per heavy atom. The van der Waals surface area contributed by atoms with Gasteiger partial charge in [-0.1, -0.05) is 70.0 Å². The van der Waals surface area contributed by atoms with E-state index in [1.54, 1.807) is 20.2 Å². The van der Waals surface area contributed by atoms with Crippen LogP contribution in [0.4, 0.5) is 0 Å². The van der Waals surface area contributed by atoms with Crippen molar-refractivity contribution in [1.82, 2.24) is 9.88 Å². The second kappa shape index (κ2) is 7.81. The van der Waals surface area contributed by atoms with Gasteiger partial charge in [-0.2, -0.15) is 0 Å². The summed E-state index contributed by atoms with van der Waals surface area (Å²) in [6.45, 7) is 0. The summed E-state index contributed by atoms with van der Waals surface area (Å²) in [7, 11) is 3.27. The van der Waals surface area contributed by atoms with Crippen LogP contribution in [-0.4, -0.2) is 46.2 Å². The van der Waals surface area contributed by atoms with Gasteiger partial charge in [-0.15, -0.1) is 0 Å². The molecule has 1 saturated carbocycles. The lowest BCUT2D eigenvalue weighted by Gasteiger charge is -2.40. The third-order valence-electron chi connectivity index (χ3n) is 6.74. The largest absolute Gasteiger partial charge is 0.476 e. The van der Waals surface area contributed by atoms with Crippen molar-refractivity contribution in [3.05, 3.63) is 93.2 Å². The molecule has 8 heteroatoms. The summed E-state index contributed by atoms with van der Waals surface area (Å²) in [6.07, 6.45) is -0.0822. The van der Waals surface area contributed by atoms with Gasteiger partial charge >= 0.3 is 0 Å². The molecule has 2 heterocycles. The molecule has 33 heavy (non-hydrogen) atoms. The van der Waals surface area contributed by atoms with Crippen molar-refractivity contribution < 1.29 is 19.7 Å². The van der Waals surface area contributed by atoms with Crippen LogP contribution in [0.25, 0.3) is 0 Å². The highest BCUT2D eigenvalue weighted by Gasteiger charge is 2.78. The maximum absolute atomic E-state index is 13.5. The molecule has 5 atom stereocenters. The number of carbonyl (C=O) groups is 1. The number of hydrogen-bond donors (Lipinski definition) is 2. The highest BCUT2D eigenvalue weighted by molar-refractivity contribution is 9.10. The van der Waals surface area contributed by atoms with Gasteiger partial charge in [0.05, 0.1) is 10.9 Å². The van der Waals surface area contributed by atoms with E-state index in [0.29, 0.717) is 10.6 Å². The van der Waals surface area contributed by atoms with E-state index < -0.39 is 29.1 Å². The van der Waals surface area contributed by atoms with Crippen molar-refractivity contribution in [2.75, 3.05) is 14.1 Å². The van der Waals surface area contributed by atoms with Crippen LogP contribution in [0.1, 0.15) is 22.7 Å². The first-order valence-electron chi connectivity index (χ1n) is 10.5. The van der Waals surface area contributed by atoms with E-state index in [1.807, 2.05) is 54.6 Å². The second-order valence-corrected chi connectivity index (χ2v) is 10.1. The molecular formula is C25H22BrClN2O4. The summed E-state index contributed by atoms with van der Waals surface area (Å²) in [6, 6.07) is 18.3. The predicted octanol–water partition coefficient (Wildman–Crippen LogP) is 3.84. The topological polar surface area (TPSA) is 82.9 Å². The molecule has 1 amide bonds. The second-order valence-electron chi connectivity index (χ2n) is 8.70. The zero-order valence-electron chi connectivity index (χ0n) is 17.9. The van der Waals surface area contributed by atoms with Gasteiger partial charge in [0.25, 0.3) is 0 Å². The average Bonchev–Trinajstić information content (AvgIpc) is 3.17. The molecule has 0 saturated heterocycles. The summed E-state index contributed by atoms with van der Waals surface area (Å²) in [5.74, 6) is -1.73. The first kappa shape index (κ1) is 22.3. The van der Waals surface area contributed by atoms with Crippen LogP contribution in [-0.2, 0) is 16.0 Å². The third kappa shape index (κ3) is 2.99. The summed E-state index contributed by atoms with van der Waals surface area (Å²) in [4.78, 5) is 19.3. The van der Waals surface area contributed by atoms with Gasteiger partial charge in [-0.3, -0.25) is 9.78 Å². The fraction of sp³-hybridized carbons (Fsp3) is 0.280. The maximum atomic E-state index is 13.5. The lowest BCUT2D eigenvalue weighted by molar-refractivity contribution is -0.157. The number of rotatable bonds is 3. The minimum atomic E-state index is -2.00. The van der Waals surface area contributed by atoms with Crippen molar-refractivity contribution in [1.29, 1.82) is 0 Å². The molecule has 6 nitrogen and oxygen atoms in total. The summed E-state index contributed by atoms with van der Waals surface area (Å²) in [5.41, 5.74) is -1.99. The minimum Gasteiger partial charge on any atom is -0.476 e. The van der Waals surface area contributed by atoms with Gasteiger partial charge in [-0.25, -0.2) is 0 Å². The molecular weight excluding hydrogens is 508 g/mol. The third-order valence-corrected chi connectivity index (χ3v) is 7.48. The molecule has 2 aromatic carbocycles. The Kier molecular flexibility index (Phi) is 5.29. The van der Waals surface area contributed by atoms with E-state index in [2.05, 4.69) is 20.9 Å². The number of ether oxygens (including phenoxy) is 1. The number of benzene rings is 2. The Labute approximate surface area is 204 Å². The Morgan fingerprint density at radius 2 is 1.82 bits per heavy atom. The molecule has 1 aromatic heterocycles. The average molecular weight is 530 g/mol. The predicted molar refractivity (Wildman–Crippen MR) is 127 cm³/mol. The number of halogens is 2. The molecule has 0 bridgehead atoms. The van der Waals surface area contributed by atoms with Crippen molar-refractivity contribution >= 4 is 33.4 Å². The van der Waals surface area contributed by atoms with Crippen LogP contribution in [0.3, 0.4) is 0 Å². The van der Waals surface area contributed by atoms with Crippen LogP contribution in [0.2, 0.25) is 5.02 Å². The molecule has 5 rings (SSSR count).